The molecule has 0 saturated carbocycles. The third-order valence-corrected chi connectivity index (χ3v) is 6.26. The van der Waals surface area contributed by atoms with Crippen molar-refractivity contribution in [3.05, 3.63) is 73.3 Å². The van der Waals surface area contributed by atoms with Crippen LogP contribution in [0.1, 0.15) is 13.8 Å². The monoisotopic (exact) mass is 299 g/mol. The summed E-state index contributed by atoms with van der Waals surface area (Å²) in [6, 6.07) is 19.2. The Labute approximate surface area is 127 Å². The van der Waals surface area contributed by atoms with Gasteiger partial charge in [-0.05, 0) is 30.2 Å². The molecule has 0 spiro atoms. The summed E-state index contributed by atoms with van der Waals surface area (Å²) >= 11 is 0. The van der Waals surface area contributed by atoms with Crippen LogP contribution in [-0.2, 0) is 4.57 Å². The highest BCUT2D eigenvalue weighted by molar-refractivity contribution is 7.76. The minimum Gasteiger partial charge on any atom is -0.297 e. The van der Waals surface area contributed by atoms with E-state index >= 15 is 0 Å². The Bertz CT molecular complexity index is 579. The van der Waals surface area contributed by atoms with E-state index in [1.54, 1.807) is 0 Å². The Morgan fingerprint density at radius 2 is 1.38 bits per heavy atom. The van der Waals surface area contributed by atoms with Crippen LogP contribution in [0.3, 0.4) is 0 Å². The van der Waals surface area contributed by atoms with Crippen LogP contribution in [0.25, 0.3) is 0 Å². The fourth-order valence-corrected chi connectivity index (χ4v) is 4.86. The van der Waals surface area contributed by atoms with Crippen molar-refractivity contribution in [2.45, 2.75) is 19.9 Å². The van der Waals surface area contributed by atoms with Crippen molar-refractivity contribution < 1.29 is 4.57 Å². The van der Waals surface area contributed by atoms with Gasteiger partial charge in [0.25, 0.3) is 0 Å². The van der Waals surface area contributed by atoms with Crippen LogP contribution in [0.15, 0.2) is 73.3 Å². The molecule has 2 aromatic rings. The molecular formula is C18H22NOP. The third-order valence-electron chi connectivity index (χ3n) is 3.54. The maximum atomic E-state index is 13.7. The van der Waals surface area contributed by atoms with Crippen molar-refractivity contribution in [2.24, 2.45) is 5.92 Å². The Morgan fingerprint density at radius 1 is 0.952 bits per heavy atom. The van der Waals surface area contributed by atoms with Crippen LogP contribution < -0.4 is 15.7 Å². The van der Waals surface area contributed by atoms with E-state index in [-0.39, 0.29) is 6.04 Å². The van der Waals surface area contributed by atoms with Crippen molar-refractivity contribution in [3.8, 4) is 0 Å². The molecule has 21 heavy (non-hydrogen) atoms. The molecule has 0 aliphatic heterocycles. The number of nitrogens with one attached hydrogen (secondary N) is 1. The molecule has 0 heterocycles. The van der Waals surface area contributed by atoms with Crippen molar-refractivity contribution in [2.75, 3.05) is 0 Å². The van der Waals surface area contributed by atoms with Crippen LogP contribution in [-0.4, -0.2) is 6.04 Å². The van der Waals surface area contributed by atoms with E-state index < -0.39 is 7.29 Å². The summed E-state index contributed by atoms with van der Waals surface area (Å²) in [4.78, 5) is 0. The highest BCUT2D eigenvalue weighted by Crippen LogP contribution is 2.40. The van der Waals surface area contributed by atoms with Crippen molar-refractivity contribution in [1.29, 1.82) is 0 Å². The molecule has 0 fully saturated rings. The zero-order valence-corrected chi connectivity index (χ0v) is 13.5. The topological polar surface area (TPSA) is 29.1 Å². The van der Waals surface area contributed by atoms with Gasteiger partial charge in [0.1, 0.15) is 0 Å². The average molecular weight is 299 g/mol. The summed E-state index contributed by atoms with van der Waals surface area (Å²) in [6.45, 7) is 8.06. The summed E-state index contributed by atoms with van der Waals surface area (Å²) in [5, 5.41) is 5.00. The standard InChI is InChI=1S/C18H22NOP/c1-4-18(15(2)3)19-21(20,16-11-7-5-8-12-16)17-13-9-6-10-14-17/h4-15,18H,1H2,2-3H3,(H,19,20)/t18-/m1/s1. The van der Waals surface area contributed by atoms with E-state index in [2.05, 4.69) is 25.5 Å². The van der Waals surface area contributed by atoms with Gasteiger partial charge in [0, 0.05) is 16.7 Å². The Morgan fingerprint density at radius 3 is 1.71 bits per heavy atom. The molecular weight excluding hydrogens is 277 g/mol. The maximum Gasteiger partial charge on any atom is 0.205 e. The molecule has 2 aromatic carbocycles. The van der Waals surface area contributed by atoms with Gasteiger partial charge in [-0.3, -0.25) is 9.65 Å². The molecule has 0 aromatic heterocycles. The molecule has 0 aliphatic carbocycles. The SMILES string of the molecule is C=C[C@@H](NP(=O)(c1ccccc1)c1ccccc1)C(C)C. The minimum atomic E-state index is -2.87. The minimum absolute atomic E-state index is 0.00348. The predicted octanol–water partition coefficient (Wildman–Crippen LogP) is 3.72. The van der Waals surface area contributed by atoms with Gasteiger partial charge in [0.05, 0.1) is 0 Å². The van der Waals surface area contributed by atoms with Gasteiger partial charge >= 0.3 is 0 Å². The Balaban J connectivity index is 2.50. The first-order chi connectivity index (χ1) is 10.1. The Hall–Kier alpha value is -1.63. The lowest BCUT2D eigenvalue weighted by molar-refractivity contribution is 0.516. The summed E-state index contributed by atoms with van der Waals surface area (Å²) in [5.41, 5.74) is 0. The van der Waals surface area contributed by atoms with Gasteiger partial charge in [0.15, 0.2) is 0 Å². The number of rotatable bonds is 6. The first kappa shape index (κ1) is 15.8. The fraction of sp³-hybridized carbons (Fsp3) is 0.222. The first-order valence-electron chi connectivity index (χ1n) is 7.19. The van der Waals surface area contributed by atoms with Gasteiger partial charge in [-0.25, -0.2) is 0 Å². The van der Waals surface area contributed by atoms with Gasteiger partial charge in [-0.1, -0.05) is 56.3 Å². The van der Waals surface area contributed by atoms with E-state index in [0.717, 1.165) is 10.6 Å². The van der Waals surface area contributed by atoms with Gasteiger partial charge in [-0.2, -0.15) is 0 Å². The highest BCUT2D eigenvalue weighted by atomic mass is 31.2. The smallest absolute Gasteiger partial charge is 0.205 e. The normalized spacial score (nSPS) is 13.1. The third kappa shape index (κ3) is 3.53. The Kier molecular flexibility index (Phi) is 5.17. The molecule has 2 nitrogen and oxygen atoms in total. The summed E-state index contributed by atoms with van der Waals surface area (Å²) in [5.74, 6) is 0.322. The molecule has 0 bridgehead atoms. The summed E-state index contributed by atoms with van der Waals surface area (Å²) in [6.07, 6.45) is 1.84. The zero-order chi connectivity index (χ0) is 15.3. The second-order valence-corrected chi connectivity index (χ2v) is 7.92. The molecule has 1 atom stereocenters. The van der Waals surface area contributed by atoms with Crippen molar-refractivity contribution in [1.82, 2.24) is 5.09 Å². The van der Waals surface area contributed by atoms with Crippen LogP contribution in [0.4, 0.5) is 0 Å². The quantitative estimate of drug-likeness (QED) is 0.650. The predicted molar refractivity (Wildman–Crippen MR) is 91.7 cm³/mol. The van der Waals surface area contributed by atoms with Gasteiger partial charge in [0.2, 0.25) is 7.29 Å². The van der Waals surface area contributed by atoms with Crippen LogP contribution in [0, 0.1) is 5.92 Å². The second-order valence-electron chi connectivity index (χ2n) is 5.41. The van der Waals surface area contributed by atoms with E-state index in [9.17, 15) is 4.57 Å². The maximum absolute atomic E-state index is 13.7. The van der Waals surface area contributed by atoms with Crippen LogP contribution in [0.2, 0.25) is 0 Å². The highest BCUT2D eigenvalue weighted by Gasteiger charge is 2.29. The zero-order valence-electron chi connectivity index (χ0n) is 12.6. The van der Waals surface area contributed by atoms with E-state index in [1.165, 1.54) is 0 Å². The molecule has 3 heteroatoms. The van der Waals surface area contributed by atoms with Crippen molar-refractivity contribution >= 4 is 17.9 Å². The lowest BCUT2D eigenvalue weighted by Crippen LogP contribution is -2.36. The first-order valence-corrected chi connectivity index (χ1v) is 8.90. The summed E-state index contributed by atoms with van der Waals surface area (Å²) in [7, 11) is -2.87. The molecule has 110 valence electrons. The van der Waals surface area contributed by atoms with Crippen molar-refractivity contribution in [3.63, 3.8) is 0 Å². The fourth-order valence-electron chi connectivity index (χ4n) is 2.26. The average Bonchev–Trinajstić information content (AvgIpc) is 2.53. The van der Waals surface area contributed by atoms with E-state index in [1.807, 2.05) is 66.7 Å². The van der Waals surface area contributed by atoms with Crippen LogP contribution in [0.5, 0.6) is 0 Å². The van der Waals surface area contributed by atoms with E-state index in [0.29, 0.717) is 5.92 Å². The lowest BCUT2D eigenvalue weighted by atomic mass is 10.1. The second kappa shape index (κ2) is 6.89. The summed E-state index contributed by atoms with van der Waals surface area (Å²) < 4.78 is 13.7. The van der Waals surface area contributed by atoms with E-state index in [4.69, 9.17) is 0 Å². The van der Waals surface area contributed by atoms with Crippen LogP contribution >= 0.6 is 7.29 Å². The molecule has 2 rings (SSSR count). The number of hydrogen-bond donors (Lipinski definition) is 1. The molecule has 0 unspecified atom stereocenters. The largest absolute Gasteiger partial charge is 0.297 e. The molecule has 0 amide bonds. The van der Waals surface area contributed by atoms with Gasteiger partial charge in [-0.15, -0.1) is 6.58 Å². The number of benzene rings is 2. The molecule has 0 saturated heterocycles. The van der Waals surface area contributed by atoms with Gasteiger partial charge < -0.3 is 0 Å². The number of hydrogen-bond acceptors (Lipinski definition) is 1. The molecule has 1 N–H and O–H groups in total. The molecule has 0 aliphatic rings. The lowest BCUT2D eigenvalue weighted by Gasteiger charge is -2.27. The molecule has 0 radical (unpaired) electrons.